The van der Waals surface area contributed by atoms with Gasteiger partial charge in [0, 0.05) is 6.20 Å². The van der Waals surface area contributed by atoms with Crippen LogP contribution in [0.3, 0.4) is 0 Å². The normalized spacial score (nSPS) is 14.9. The van der Waals surface area contributed by atoms with Gasteiger partial charge < -0.3 is 32.2 Å². The number of aliphatic hydroxyl groups is 1. The largest absolute Gasteiger partial charge is 0.480 e. The monoisotopic (exact) mass is 312 g/mol. The first-order chi connectivity index (χ1) is 10.3. The van der Waals surface area contributed by atoms with Crippen LogP contribution in [0.25, 0.3) is 0 Å². The third-order valence-corrected chi connectivity index (χ3v) is 3.05. The maximum Gasteiger partial charge on any atom is 0.323 e. The lowest BCUT2D eigenvalue weighted by atomic mass is 10.1. The SMILES string of the molecule is Nc1ncccc1CC[C@H](N)C(=O)OC[C@H](O)[C@H](N)C(=O)O. The van der Waals surface area contributed by atoms with Crippen LogP contribution >= 0.6 is 0 Å². The lowest BCUT2D eigenvalue weighted by molar-refractivity contribution is -0.152. The second-order valence-corrected chi connectivity index (χ2v) is 4.75. The molecule has 1 rings (SSSR count). The quantitative estimate of drug-likeness (QED) is 0.348. The Morgan fingerprint density at radius 1 is 1.36 bits per heavy atom. The maximum absolute atomic E-state index is 11.7. The molecule has 0 saturated carbocycles. The molecule has 1 aromatic heterocycles. The molecule has 9 heteroatoms. The summed E-state index contributed by atoms with van der Waals surface area (Å²) in [5.41, 5.74) is 17.3. The zero-order valence-corrected chi connectivity index (χ0v) is 11.9. The third-order valence-electron chi connectivity index (χ3n) is 3.05. The highest BCUT2D eigenvalue weighted by atomic mass is 16.5. The number of carbonyl (C=O) groups excluding carboxylic acids is 1. The molecule has 0 unspecified atom stereocenters. The Hall–Kier alpha value is -2.23. The van der Waals surface area contributed by atoms with Crippen LogP contribution in [-0.4, -0.2) is 51.9 Å². The van der Waals surface area contributed by atoms with E-state index < -0.39 is 36.7 Å². The number of nitrogens with two attached hydrogens (primary N) is 3. The number of hydrogen-bond acceptors (Lipinski definition) is 8. The van der Waals surface area contributed by atoms with Crippen LogP contribution in [-0.2, 0) is 20.7 Å². The van der Waals surface area contributed by atoms with Crippen molar-refractivity contribution in [3.8, 4) is 0 Å². The van der Waals surface area contributed by atoms with Gasteiger partial charge in [-0.1, -0.05) is 6.07 Å². The molecular formula is C13H20N4O5. The van der Waals surface area contributed by atoms with Crippen LogP contribution < -0.4 is 17.2 Å². The van der Waals surface area contributed by atoms with Gasteiger partial charge in [-0.25, -0.2) is 4.98 Å². The molecule has 0 aliphatic rings. The fourth-order valence-electron chi connectivity index (χ4n) is 1.63. The minimum atomic E-state index is -1.53. The molecule has 3 atom stereocenters. The number of rotatable bonds is 8. The number of esters is 1. The van der Waals surface area contributed by atoms with Gasteiger partial charge in [0.25, 0.3) is 0 Å². The van der Waals surface area contributed by atoms with E-state index >= 15 is 0 Å². The molecule has 0 aliphatic carbocycles. The van der Waals surface area contributed by atoms with Crippen LogP contribution in [0.5, 0.6) is 0 Å². The number of aliphatic carboxylic acids is 1. The molecule has 0 spiro atoms. The van der Waals surface area contributed by atoms with E-state index in [9.17, 15) is 14.7 Å². The first-order valence-corrected chi connectivity index (χ1v) is 6.61. The Morgan fingerprint density at radius 2 is 2.05 bits per heavy atom. The predicted molar refractivity (Wildman–Crippen MR) is 77.5 cm³/mol. The van der Waals surface area contributed by atoms with E-state index in [2.05, 4.69) is 4.98 Å². The van der Waals surface area contributed by atoms with Crippen molar-refractivity contribution in [2.45, 2.75) is 31.0 Å². The van der Waals surface area contributed by atoms with E-state index in [4.69, 9.17) is 27.0 Å². The Bertz CT molecular complexity index is 525. The zero-order chi connectivity index (χ0) is 16.7. The molecule has 0 fully saturated rings. The molecule has 1 aromatic rings. The van der Waals surface area contributed by atoms with Gasteiger partial charge in [0.2, 0.25) is 0 Å². The Morgan fingerprint density at radius 3 is 2.64 bits per heavy atom. The zero-order valence-electron chi connectivity index (χ0n) is 11.9. The number of ether oxygens (including phenoxy) is 1. The number of aryl methyl sites for hydroxylation is 1. The molecule has 0 bridgehead atoms. The number of nitrogen functional groups attached to an aromatic ring is 1. The molecule has 0 saturated heterocycles. The standard InChI is InChI=1S/C13H20N4O5/c14-8(4-3-7-2-1-5-17-11(7)16)13(21)22-6-9(18)10(15)12(19)20/h1-2,5,8-10,18H,3-4,6,14-15H2,(H2,16,17)(H,19,20)/t8-,9-,10-/m0/s1. The first-order valence-electron chi connectivity index (χ1n) is 6.61. The van der Waals surface area contributed by atoms with Crippen LogP contribution in [0.4, 0.5) is 5.82 Å². The number of carboxylic acids is 1. The Balaban J connectivity index is 2.39. The van der Waals surface area contributed by atoms with Gasteiger partial charge in [-0.05, 0) is 24.5 Å². The molecule has 0 radical (unpaired) electrons. The van der Waals surface area contributed by atoms with Gasteiger partial charge in [0.05, 0.1) is 0 Å². The molecule has 22 heavy (non-hydrogen) atoms. The van der Waals surface area contributed by atoms with Gasteiger partial charge in [-0.3, -0.25) is 9.59 Å². The Kier molecular flexibility index (Phi) is 6.70. The van der Waals surface area contributed by atoms with Crippen LogP contribution in [0.2, 0.25) is 0 Å². The number of nitrogens with zero attached hydrogens (tertiary/aromatic N) is 1. The molecule has 122 valence electrons. The summed E-state index contributed by atoms with van der Waals surface area (Å²) in [7, 11) is 0. The van der Waals surface area contributed by atoms with Gasteiger partial charge in [-0.2, -0.15) is 0 Å². The average molecular weight is 312 g/mol. The van der Waals surface area contributed by atoms with E-state index in [0.29, 0.717) is 12.2 Å². The van der Waals surface area contributed by atoms with E-state index in [1.807, 2.05) is 0 Å². The summed E-state index contributed by atoms with van der Waals surface area (Å²) in [6.07, 6.45) is 0.769. The van der Waals surface area contributed by atoms with Crippen molar-refractivity contribution in [1.29, 1.82) is 0 Å². The predicted octanol–water partition coefficient (Wildman–Crippen LogP) is -1.76. The van der Waals surface area contributed by atoms with Crippen molar-refractivity contribution < 1.29 is 24.5 Å². The van der Waals surface area contributed by atoms with Crippen molar-refractivity contribution in [2.75, 3.05) is 12.3 Å². The second kappa shape index (κ2) is 8.27. The van der Waals surface area contributed by atoms with Crippen molar-refractivity contribution >= 4 is 17.8 Å². The number of aliphatic hydroxyl groups excluding tert-OH is 1. The van der Waals surface area contributed by atoms with Crippen molar-refractivity contribution in [3.63, 3.8) is 0 Å². The lowest BCUT2D eigenvalue weighted by Crippen LogP contribution is -2.45. The number of hydrogen-bond donors (Lipinski definition) is 5. The van der Waals surface area contributed by atoms with E-state index in [0.717, 1.165) is 5.56 Å². The fourth-order valence-corrected chi connectivity index (χ4v) is 1.63. The van der Waals surface area contributed by atoms with E-state index in [1.165, 1.54) is 0 Å². The molecule has 0 amide bonds. The van der Waals surface area contributed by atoms with Crippen LogP contribution in [0.1, 0.15) is 12.0 Å². The summed E-state index contributed by atoms with van der Waals surface area (Å²) >= 11 is 0. The fraction of sp³-hybridized carbons (Fsp3) is 0.462. The number of carbonyl (C=O) groups is 2. The summed E-state index contributed by atoms with van der Waals surface area (Å²) in [4.78, 5) is 26.1. The van der Waals surface area contributed by atoms with Gasteiger partial charge in [0.1, 0.15) is 30.6 Å². The highest BCUT2D eigenvalue weighted by Gasteiger charge is 2.24. The highest BCUT2D eigenvalue weighted by Crippen LogP contribution is 2.11. The van der Waals surface area contributed by atoms with Gasteiger partial charge in [0.15, 0.2) is 0 Å². The van der Waals surface area contributed by atoms with Gasteiger partial charge >= 0.3 is 11.9 Å². The highest BCUT2D eigenvalue weighted by molar-refractivity contribution is 5.76. The summed E-state index contributed by atoms with van der Waals surface area (Å²) in [5, 5.41) is 18.0. The smallest absolute Gasteiger partial charge is 0.323 e. The second-order valence-electron chi connectivity index (χ2n) is 4.75. The summed E-state index contributed by atoms with van der Waals surface area (Å²) in [6, 6.07) is 1.04. The average Bonchev–Trinajstić information content (AvgIpc) is 2.50. The minimum Gasteiger partial charge on any atom is -0.480 e. The topological polar surface area (TPSA) is 175 Å². The minimum absolute atomic E-state index is 0.274. The van der Waals surface area contributed by atoms with Gasteiger partial charge in [-0.15, -0.1) is 0 Å². The maximum atomic E-state index is 11.7. The van der Waals surface area contributed by atoms with Crippen LogP contribution in [0.15, 0.2) is 18.3 Å². The summed E-state index contributed by atoms with van der Waals surface area (Å²) < 4.78 is 4.75. The molecule has 1 heterocycles. The number of pyridine rings is 1. The number of carboxylic acid groups (broad SMARTS) is 1. The molecule has 0 aliphatic heterocycles. The van der Waals surface area contributed by atoms with E-state index in [-0.39, 0.29) is 6.42 Å². The summed E-state index contributed by atoms with van der Waals surface area (Å²) in [5.74, 6) is -1.77. The van der Waals surface area contributed by atoms with Crippen LogP contribution in [0, 0.1) is 0 Å². The number of aromatic nitrogens is 1. The third kappa shape index (κ3) is 5.28. The van der Waals surface area contributed by atoms with Crippen molar-refractivity contribution in [1.82, 2.24) is 4.98 Å². The number of anilines is 1. The summed E-state index contributed by atoms with van der Waals surface area (Å²) in [6.45, 7) is -0.533. The van der Waals surface area contributed by atoms with E-state index in [1.54, 1.807) is 18.3 Å². The van der Waals surface area contributed by atoms with Crippen molar-refractivity contribution in [3.05, 3.63) is 23.9 Å². The lowest BCUT2D eigenvalue weighted by Gasteiger charge is -2.17. The Labute approximate surface area is 127 Å². The van der Waals surface area contributed by atoms with Crippen molar-refractivity contribution in [2.24, 2.45) is 11.5 Å². The molecule has 8 N–H and O–H groups in total. The molecular weight excluding hydrogens is 292 g/mol. The molecule has 0 aromatic carbocycles. The molecule has 9 nitrogen and oxygen atoms in total. The first kappa shape index (κ1) is 17.8.